The van der Waals surface area contributed by atoms with Gasteiger partial charge in [0.1, 0.15) is 17.5 Å². The molecule has 0 fully saturated rings. The lowest BCUT2D eigenvalue weighted by molar-refractivity contribution is -0.137. The van der Waals surface area contributed by atoms with Gasteiger partial charge in [0.2, 0.25) is 0 Å². The number of alkyl halides is 3. The van der Waals surface area contributed by atoms with Crippen molar-refractivity contribution in [3.8, 4) is 17.1 Å². The van der Waals surface area contributed by atoms with Gasteiger partial charge in [0.05, 0.1) is 18.7 Å². The van der Waals surface area contributed by atoms with Gasteiger partial charge in [-0.05, 0) is 54.1 Å². The number of carbonyl (C=O) groups is 2. The molecule has 0 saturated heterocycles. The zero-order chi connectivity index (χ0) is 29.6. The Morgan fingerprint density at radius 1 is 1.07 bits per heavy atom. The van der Waals surface area contributed by atoms with Gasteiger partial charge >= 0.3 is 12.2 Å². The highest BCUT2D eigenvalue weighted by atomic mass is 35.5. The Balaban J connectivity index is 1.68. The van der Waals surface area contributed by atoms with Crippen LogP contribution in [0.1, 0.15) is 43.4 Å². The van der Waals surface area contributed by atoms with Gasteiger partial charge in [-0.1, -0.05) is 11.6 Å². The normalized spacial score (nSPS) is 14.4. The number of nitrogen functional groups attached to an aromatic ring is 1. The summed E-state index contributed by atoms with van der Waals surface area (Å²) in [5.74, 6) is -3.72. The van der Waals surface area contributed by atoms with Gasteiger partial charge in [0.15, 0.2) is 0 Å². The van der Waals surface area contributed by atoms with Crippen LogP contribution in [-0.2, 0) is 6.18 Å². The number of nitrogens with zero attached hydrogens (tertiary/aromatic N) is 2. The van der Waals surface area contributed by atoms with Crippen LogP contribution in [0.5, 0.6) is 6.01 Å². The number of aromatic nitrogens is 2. The quantitative estimate of drug-likeness (QED) is 0.254. The maximum Gasteiger partial charge on any atom is 0.416 e. The number of benzene rings is 3. The van der Waals surface area contributed by atoms with Gasteiger partial charge in [-0.2, -0.15) is 18.2 Å². The van der Waals surface area contributed by atoms with E-state index in [2.05, 4.69) is 20.6 Å². The van der Waals surface area contributed by atoms with Crippen LogP contribution in [0.4, 0.5) is 33.5 Å². The summed E-state index contributed by atoms with van der Waals surface area (Å²) in [5.41, 5.74) is 4.77. The number of nitrogens with two attached hydrogens (primary N) is 1. The van der Waals surface area contributed by atoms with Crippen molar-refractivity contribution in [3.63, 3.8) is 0 Å². The second-order valence-electron chi connectivity index (χ2n) is 8.89. The number of ether oxygens (including phenoxy) is 1. The highest BCUT2D eigenvalue weighted by Crippen LogP contribution is 2.42. The lowest BCUT2D eigenvalue weighted by Gasteiger charge is -2.19. The number of rotatable bonds is 5. The predicted molar refractivity (Wildman–Crippen MR) is 139 cm³/mol. The molecule has 14 heteroatoms. The SMILES string of the molecule is COc1ncc(-c2cc(NC(=O)c3cc(F)cc(C(F)(F)F)c3)c3c(c2)C(=O)NC3c2cc(F)ccc2Cl)c(N)n1. The monoisotopic (exact) mass is 589 g/mol. The lowest BCUT2D eigenvalue weighted by atomic mass is 9.93. The van der Waals surface area contributed by atoms with E-state index in [1.54, 1.807) is 0 Å². The molecule has 1 unspecified atom stereocenters. The molecule has 8 nitrogen and oxygen atoms in total. The fraction of sp³-hybridized carbons (Fsp3) is 0.111. The Morgan fingerprint density at radius 3 is 2.51 bits per heavy atom. The van der Waals surface area contributed by atoms with Gasteiger partial charge in [-0.3, -0.25) is 9.59 Å². The predicted octanol–water partition coefficient (Wildman–Crippen LogP) is 5.77. The Hall–Kier alpha value is -4.78. The molecule has 2 amide bonds. The van der Waals surface area contributed by atoms with E-state index in [1.807, 2.05) is 0 Å². The molecule has 1 aromatic heterocycles. The Morgan fingerprint density at radius 2 is 1.83 bits per heavy atom. The van der Waals surface area contributed by atoms with Crippen molar-refractivity contribution in [2.75, 3.05) is 18.2 Å². The molecule has 41 heavy (non-hydrogen) atoms. The number of nitrogens with one attached hydrogen (secondary N) is 2. The molecule has 1 aliphatic heterocycles. The second kappa shape index (κ2) is 10.3. The number of methoxy groups -OCH3 is 1. The number of amides is 2. The molecule has 0 aliphatic carbocycles. The van der Waals surface area contributed by atoms with Gasteiger partial charge in [-0.15, -0.1) is 0 Å². The van der Waals surface area contributed by atoms with E-state index in [0.29, 0.717) is 12.1 Å². The average Bonchev–Trinajstić information content (AvgIpc) is 3.25. The van der Waals surface area contributed by atoms with Crippen LogP contribution in [0.25, 0.3) is 11.1 Å². The van der Waals surface area contributed by atoms with Crippen molar-refractivity contribution in [2.45, 2.75) is 12.2 Å². The van der Waals surface area contributed by atoms with Crippen molar-refractivity contribution >= 4 is 34.9 Å². The van der Waals surface area contributed by atoms with E-state index in [4.69, 9.17) is 22.1 Å². The molecule has 0 radical (unpaired) electrons. The van der Waals surface area contributed by atoms with Crippen molar-refractivity contribution in [1.29, 1.82) is 0 Å². The van der Waals surface area contributed by atoms with E-state index < -0.39 is 46.8 Å². The minimum atomic E-state index is -4.92. The first kappa shape index (κ1) is 27.8. The molecule has 5 rings (SSSR count). The third kappa shape index (κ3) is 5.35. The van der Waals surface area contributed by atoms with Crippen molar-refractivity contribution < 1.29 is 36.3 Å². The van der Waals surface area contributed by atoms with Crippen LogP contribution in [0, 0.1) is 11.6 Å². The summed E-state index contributed by atoms with van der Waals surface area (Å²) in [5, 5.41) is 5.23. The number of anilines is 2. The maximum absolute atomic E-state index is 14.2. The zero-order valence-corrected chi connectivity index (χ0v) is 21.5. The third-order valence-corrected chi connectivity index (χ3v) is 6.63. The Labute approximate surface area is 233 Å². The minimum absolute atomic E-state index is 0.0218. The first-order valence-electron chi connectivity index (χ1n) is 11.7. The van der Waals surface area contributed by atoms with Crippen LogP contribution in [0.15, 0.2) is 54.7 Å². The Bertz CT molecular complexity index is 1730. The number of hydrogen-bond acceptors (Lipinski definition) is 6. The van der Waals surface area contributed by atoms with Gasteiger partial charge in [0, 0.05) is 44.7 Å². The molecule has 4 aromatic rings. The van der Waals surface area contributed by atoms with E-state index in [-0.39, 0.29) is 56.4 Å². The van der Waals surface area contributed by atoms with E-state index in [1.165, 1.54) is 31.5 Å². The minimum Gasteiger partial charge on any atom is -0.467 e. The highest BCUT2D eigenvalue weighted by molar-refractivity contribution is 6.31. The van der Waals surface area contributed by atoms with Crippen LogP contribution >= 0.6 is 11.6 Å². The topological polar surface area (TPSA) is 119 Å². The van der Waals surface area contributed by atoms with Crippen LogP contribution < -0.4 is 21.1 Å². The first-order valence-corrected chi connectivity index (χ1v) is 12.0. The molecule has 0 saturated carbocycles. The molecule has 3 aromatic carbocycles. The fourth-order valence-corrected chi connectivity index (χ4v) is 4.67. The molecule has 0 bridgehead atoms. The Kier molecular flexibility index (Phi) is 6.99. The van der Waals surface area contributed by atoms with Gasteiger partial charge < -0.3 is 21.1 Å². The number of fused-ring (bicyclic) bond motifs is 1. The average molecular weight is 590 g/mol. The van der Waals surface area contributed by atoms with E-state index in [9.17, 15) is 31.5 Å². The van der Waals surface area contributed by atoms with Crippen molar-refractivity contribution in [1.82, 2.24) is 15.3 Å². The first-order chi connectivity index (χ1) is 19.3. The second-order valence-corrected chi connectivity index (χ2v) is 9.30. The molecule has 4 N–H and O–H groups in total. The van der Waals surface area contributed by atoms with Crippen LogP contribution in [-0.4, -0.2) is 28.9 Å². The summed E-state index contributed by atoms with van der Waals surface area (Å²) in [6.07, 6.45) is -3.61. The van der Waals surface area contributed by atoms with Crippen molar-refractivity contribution in [2.24, 2.45) is 0 Å². The molecule has 1 aliphatic rings. The van der Waals surface area contributed by atoms with Crippen LogP contribution in [0.3, 0.4) is 0 Å². The molecular weight excluding hydrogens is 573 g/mol. The standard InChI is InChI=1S/C27H17ClF5N5O3/c1-41-26-35-10-18(23(34)38-26)11-6-17-21(22(37-25(17)40)16-9-14(29)2-3-19(16)28)20(7-11)36-24(39)12-4-13(27(31,32)33)8-15(30)5-12/h2-10,22H,1H3,(H,36,39)(H,37,40)(H2,34,35,38). The number of hydrogen-bond donors (Lipinski definition) is 3. The summed E-state index contributed by atoms with van der Waals surface area (Å²) >= 11 is 6.30. The molecule has 0 spiro atoms. The summed E-state index contributed by atoms with van der Waals surface area (Å²) in [6, 6.07) is 6.58. The van der Waals surface area contributed by atoms with Crippen LogP contribution in [0.2, 0.25) is 5.02 Å². The molecule has 1 atom stereocenters. The fourth-order valence-electron chi connectivity index (χ4n) is 4.44. The zero-order valence-electron chi connectivity index (χ0n) is 20.7. The van der Waals surface area contributed by atoms with E-state index in [0.717, 1.165) is 12.1 Å². The summed E-state index contributed by atoms with van der Waals surface area (Å²) < 4.78 is 73.0. The summed E-state index contributed by atoms with van der Waals surface area (Å²) in [7, 11) is 1.33. The molecular formula is C27H17ClF5N5O3. The van der Waals surface area contributed by atoms with Gasteiger partial charge in [0.25, 0.3) is 11.8 Å². The van der Waals surface area contributed by atoms with E-state index >= 15 is 0 Å². The van der Waals surface area contributed by atoms with Crippen molar-refractivity contribution in [3.05, 3.63) is 99.2 Å². The molecule has 210 valence electrons. The largest absolute Gasteiger partial charge is 0.467 e. The lowest BCUT2D eigenvalue weighted by Crippen LogP contribution is -2.21. The summed E-state index contributed by atoms with van der Waals surface area (Å²) in [4.78, 5) is 34.3. The smallest absolute Gasteiger partial charge is 0.416 e. The number of halogens is 6. The number of carbonyl (C=O) groups excluding carboxylic acids is 2. The molecule has 2 heterocycles. The third-order valence-electron chi connectivity index (χ3n) is 6.28. The summed E-state index contributed by atoms with van der Waals surface area (Å²) in [6.45, 7) is 0. The highest BCUT2D eigenvalue weighted by Gasteiger charge is 2.36. The maximum atomic E-state index is 14.2. The van der Waals surface area contributed by atoms with Gasteiger partial charge in [-0.25, -0.2) is 13.8 Å².